The van der Waals surface area contributed by atoms with Crippen LogP contribution in [-0.2, 0) is 6.18 Å². The summed E-state index contributed by atoms with van der Waals surface area (Å²) in [5.41, 5.74) is -0.156. The highest BCUT2D eigenvalue weighted by Gasteiger charge is 2.31. The van der Waals surface area contributed by atoms with Crippen LogP contribution in [0.3, 0.4) is 0 Å². The second-order valence-corrected chi connectivity index (χ2v) is 7.59. The van der Waals surface area contributed by atoms with Crippen LogP contribution in [0.25, 0.3) is 0 Å². The monoisotopic (exact) mass is 437 g/mol. The maximum Gasteiger partial charge on any atom is 0.417 e. The fourth-order valence-corrected chi connectivity index (χ4v) is 3.45. The summed E-state index contributed by atoms with van der Waals surface area (Å²) in [6, 6.07) is 9.22. The number of benzene rings is 1. The Balaban J connectivity index is 1.46. The Morgan fingerprint density at radius 1 is 1.13 bits per heavy atom. The van der Waals surface area contributed by atoms with Crippen molar-refractivity contribution in [2.75, 3.05) is 44.2 Å². The summed E-state index contributed by atoms with van der Waals surface area (Å²) in [4.78, 5) is 19.3. The summed E-state index contributed by atoms with van der Waals surface area (Å²) in [5.74, 6) is 1.08. The van der Waals surface area contributed by atoms with E-state index in [9.17, 15) is 23.1 Å². The van der Waals surface area contributed by atoms with Gasteiger partial charge in [-0.1, -0.05) is 0 Å². The first-order valence-corrected chi connectivity index (χ1v) is 10.1. The van der Waals surface area contributed by atoms with E-state index in [2.05, 4.69) is 9.88 Å². The van der Waals surface area contributed by atoms with Crippen LogP contribution in [-0.4, -0.2) is 66.2 Å². The zero-order valence-electron chi connectivity index (χ0n) is 17.3. The van der Waals surface area contributed by atoms with Crippen molar-refractivity contribution in [3.63, 3.8) is 0 Å². The first-order valence-electron chi connectivity index (χ1n) is 10.1. The van der Waals surface area contributed by atoms with Gasteiger partial charge in [0, 0.05) is 37.9 Å². The number of nitrogens with zero attached hydrogens (tertiary/aromatic N) is 3. The highest BCUT2D eigenvalue weighted by atomic mass is 19.4. The first-order chi connectivity index (χ1) is 14.7. The molecule has 1 aliphatic rings. The first kappa shape index (κ1) is 23.0. The summed E-state index contributed by atoms with van der Waals surface area (Å²) in [5, 5.41) is 10.3. The molecule has 9 heteroatoms. The fourth-order valence-electron chi connectivity index (χ4n) is 3.45. The molecule has 2 aromatic rings. The van der Waals surface area contributed by atoms with Gasteiger partial charge in [0.05, 0.1) is 5.56 Å². The van der Waals surface area contributed by atoms with E-state index in [1.165, 1.54) is 13.0 Å². The van der Waals surface area contributed by atoms with Crippen molar-refractivity contribution in [1.29, 1.82) is 0 Å². The number of carbonyl (C=O) groups excluding carboxylic acids is 1. The minimum absolute atomic E-state index is 0.0201. The molecular formula is C22H26F3N3O3. The molecule has 1 fully saturated rings. The molecule has 168 valence electrons. The Hall–Kier alpha value is -2.65. The van der Waals surface area contributed by atoms with Gasteiger partial charge in [0.1, 0.15) is 24.3 Å². The molecule has 1 aromatic carbocycles. The van der Waals surface area contributed by atoms with Crippen LogP contribution in [0.5, 0.6) is 5.75 Å². The van der Waals surface area contributed by atoms with E-state index in [1.807, 2.05) is 4.90 Å². The fraction of sp³-hybridized carbons (Fsp3) is 0.455. The van der Waals surface area contributed by atoms with Crippen molar-refractivity contribution >= 4 is 11.6 Å². The molecular weight excluding hydrogens is 411 g/mol. The maximum atomic E-state index is 12.7. The van der Waals surface area contributed by atoms with E-state index in [-0.39, 0.29) is 12.4 Å². The van der Waals surface area contributed by atoms with Crippen LogP contribution in [0.15, 0.2) is 42.6 Å². The molecule has 0 radical (unpaired) electrons. The number of alkyl halides is 3. The lowest BCUT2D eigenvalue weighted by molar-refractivity contribution is -0.137. The second-order valence-electron chi connectivity index (χ2n) is 7.59. The van der Waals surface area contributed by atoms with Crippen molar-refractivity contribution in [3.8, 4) is 5.75 Å². The van der Waals surface area contributed by atoms with Gasteiger partial charge in [0.25, 0.3) is 0 Å². The molecule has 1 atom stereocenters. The SMILES string of the molecule is CC(=O)c1ccc(OC[C@H](O)CN2CCCN(c3ccc(C(F)(F)F)cn3)CC2)cc1. The molecule has 1 N–H and O–H groups in total. The molecule has 0 unspecified atom stereocenters. The average molecular weight is 437 g/mol. The number of aliphatic hydroxyl groups is 1. The molecule has 0 bridgehead atoms. The van der Waals surface area contributed by atoms with Crippen molar-refractivity contribution in [1.82, 2.24) is 9.88 Å². The summed E-state index contributed by atoms with van der Waals surface area (Å²) in [6.45, 7) is 4.77. The number of aliphatic hydroxyl groups excluding tert-OH is 1. The zero-order valence-corrected chi connectivity index (χ0v) is 17.3. The minimum atomic E-state index is -4.39. The largest absolute Gasteiger partial charge is 0.491 e. The van der Waals surface area contributed by atoms with Crippen molar-refractivity contribution < 1.29 is 27.8 Å². The third-order valence-electron chi connectivity index (χ3n) is 5.16. The number of ketones is 1. The number of carbonyl (C=O) groups is 1. The number of Topliss-reactive ketones (excluding diaryl/α,β-unsaturated/α-hetero) is 1. The smallest absolute Gasteiger partial charge is 0.417 e. The third-order valence-corrected chi connectivity index (χ3v) is 5.16. The molecule has 31 heavy (non-hydrogen) atoms. The van der Waals surface area contributed by atoms with Gasteiger partial charge in [0.2, 0.25) is 0 Å². The predicted octanol–water partition coefficient (Wildman–Crippen LogP) is 3.26. The number of β-amino-alcohol motifs (C(OH)–C–C–N with tert-alkyl or cyclic N) is 1. The van der Waals surface area contributed by atoms with E-state index < -0.39 is 17.8 Å². The van der Waals surface area contributed by atoms with Crippen LogP contribution in [0.4, 0.5) is 19.0 Å². The standard InChI is InChI=1S/C22H26F3N3O3/c1-16(29)17-3-6-20(7-4-17)31-15-19(30)14-27-9-2-10-28(12-11-27)21-8-5-18(13-26-21)22(23,24)25/h3-8,13,19,30H,2,9-12,14-15H2,1H3/t19-/m1/s1. The van der Waals surface area contributed by atoms with Crippen molar-refractivity contribution in [2.45, 2.75) is 25.6 Å². The van der Waals surface area contributed by atoms with Gasteiger partial charge in [-0.3, -0.25) is 9.69 Å². The zero-order chi connectivity index (χ0) is 22.4. The summed E-state index contributed by atoms with van der Waals surface area (Å²) in [6.07, 6.45) is -3.41. The quantitative estimate of drug-likeness (QED) is 0.671. The van der Waals surface area contributed by atoms with Crippen LogP contribution in [0.2, 0.25) is 0 Å². The molecule has 2 heterocycles. The Morgan fingerprint density at radius 2 is 1.87 bits per heavy atom. The van der Waals surface area contributed by atoms with Crippen LogP contribution in [0.1, 0.15) is 29.3 Å². The summed E-state index contributed by atoms with van der Waals surface area (Å²) in [7, 11) is 0. The number of halogens is 3. The summed E-state index contributed by atoms with van der Waals surface area (Å²) >= 11 is 0. The van der Waals surface area contributed by atoms with Crippen molar-refractivity contribution in [2.24, 2.45) is 0 Å². The number of pyridine rings is 1. The van der Waals surface area contributed by atoms with Gasteiger partial charge in [-0.05, 0) is 56.3 Å². The molecule has 0 aliphatic carbocycles. The van der Waals surface area contributed by atoms with Crippen LogP contribution >= 0.6 is 0 Å². The topological polar surface area (TPSA) is 65.9 Å². The predicted molar refractivity (Wildman–Crippen MR) is 110 cm³/mol. The lowest BCUT2D eigenvalue weighted by Crippen LogP contribution is -2.38. The number of anilines is 1. The summed E-state index contributed by atoms with van der Waals surface area (Å²) < 4.78 is 43.7. The molecule has 0 saturated carbocycles. The molecule has 0 amide bonds. The van der Waals surface area contributed by atoms with Crippen molar-refractivity contribution in [3.05, 3.63) is 53.7 Å². The van der Waals surface area contributed by atoms with Gasteiger partial charge in [-0.2, -0.15) is 13.2 Å². The number of hydrogen-bond donors (Lipinski definition) is 1. The molecule has 3 rings (SSSR count). The lowest BCUT2D eigenvalue weighted by Gasteiger charge is -2.24. The Labute approximate surface area is 179 Å². The van der Waals surface area contributed by atoms with E-state index >= 15 is 0 Å². The number of ether oxygens (including phenoxy) is 1. The molecule has 1 aliphatic heterocycles. The van der Waals surface area contributed by atoms with Gasteiger partial charge in [0.15, 0.2) is 5.78 Å². The van der Waals surface area contributed by atoms with Gasteiger partial charge in [-0.25, -0.2) is 4.98 Å². The number of hydrogen-bond acceptors (Lipinski definition) is 6. The molecule has 6 nitrogen and oxygen atoms in total. The Bertz CT molecular complexity index is 857. The minimum Gasteiger partial charge on any atom is -0.491 e. The van der Waals surface area contributed by atoms with Gasteiger partial charge in [-0.15, -0.1) is 0 Å². The van der Waals surface area contributed by atoms with E-state index in [4.69, 9.17) is 4.74 Å². The average Bonchev–Trinajstić information content (AvgIpc) is 2.97. The Kier molecular flexibility index (Phi) is 7.50. The maximum absolute atomic E-state index is 12.7. The van der Waals surface area contributed by atoms with E-state index in [1.54, 1.807) is 24.3 Å². The van der Waals surface area contributed by atoms with E-state index in [0.29, 0.717) is 43.3 Å². The third kappa shape index (κ3) is 6.67. The highest BCUT2D eigenvalue weighted by molar-refractivity contribution is 5.94. The van der Waals surface area contributed by atoms with E-state index in [0.717, 1.165) is 25.2 Å². The normalized spacial score (nSPS) is 16.6. The number of aromatic nitrogens is 1. The highest BCUT2D eigenvalue weighted by Crippen LogP contribution is 2.29. The van der Waals surface area contributed by atoms with Gasteiger partial charge < -0.3 is 14.7 Å². The second kappa shape index (κ2) is 10.1. The number of rotatable bonds is 7. The van der Waals surface area contributed by atoms with Crippen LogP contribution < -0.4 is 9.64 Å². The molecule has 0 spiro atoms. The molecule has 1 aromatic heterocycles. The van der Waals surface area contributed by atoms with Crippen LogP contribution in [0, 0.1) is 0 Å². The van der Waals surface area contributed by atoms with Gasteiger partial charge >= 0.3 is 6.18 Å². The lowest BCUT2D eigenvalue weighted by atomic mass is 10.1. The molecule has 1 saturated heterocycles. The Morgan fingerprint density at radius 3 is 2.48 bits per heavy atom.